The quantitative estimate of drug-likeness (QED) is 0.534. The number of likely N-dealkylation sites (N-methyl/N-ethyl adjacent to an activating group) is 1. The van der Waals surface area contributed by atoms with E-state index in [0.29, 0.717) is 12.1 Å². The van der Waals surface area contributed by atoms with Crippen molar-refractivity contribution in [2.45, 2.75) is 32.6 Å². The van der Waals surface area contributed by atoms with Crippen molar-refractivity contribution in [3.8, 4) is 0 Å². The summed E-state index contributed by atoms with van der Waals surface area (Å²) in [5.74, 6) is -0.395. The van der Waals surface area contributed by atoms with E-state index in [1.807, 2.05) is 32.3 Å². The Morgan fingerprint density at radius 3 is 2.53 bits per heavy atom. The number of anilines is 1. The van der Waals surface area contributed by atoms with Crippen LogP contribution < -0.4 is 5.32 Å². The Morgan fingerprint density at radius 2 is 1.84 bits per heavy atom. The highest BCUT2D eigenvalue weighted by Gasteiger charge is 2.44. The molecule has 1 heterocycles. The second kappa shape index (κ2) is 7.05. The van der Waals surface area contributed by atoms with E-state index >= 15 is 0 Å². The molecule has 0 saturated carbocycles. The third-order valence-electron chi connectivity index (χ3n) is 6.82. The van der Waals surface area contributed by atoms with Gasteiger partial charge in [0.15, 0.2) is 5.78 Å². The summed E-state index contributed by atoms with van der Waals surface area (Å²) in [5.41, 5.74) is 4.35. The zero-order valence-electron chi connectivity index (χ0n) is 18.8. The molecule has 6 heteroatoms. The molecule has 0 saturated heterocycles. The fourth-order valence-electron chi connectivity index (χ4n) is 5.55. The molecule has 2 aromatic rings. The van der Waals surface area contributed by atoms with Crippen LogP contribution in [0.1, 0.15) is 38.2 Å². The molecule has 0 aromatic heterocycles. The molecule has 0 fully saturated rings. The van der Waals surface area contributed by atoms with Gasteiger partial charge < -0.3 is 10.2 Å². The number of rotatable bonds is 3. The van der Waals surface area contributed by atoms with Crippen LogP contribution in [0.3, 0.4) is 0 Å². The number of allylic oxidation sites excluding steroid dienone is 4. The monoisotopic (exact) mass is 429 g/mol. The molecule has 0 bridgehead atoms. The Bertz CT molecular complexity index is 1270. The van der Waals surface area contributed by atoms with Crippen molar-refractivity contribution in [3.05, 3.63) is 86.9 Å². The smallest absolute Gasteiger partial charge is 0.288 e. The highest BCUT2D eigenvalue weighted by molar-refractivity contribution is 6.03. The van der Waals surface area contributed by atoms with Crippen LogP contribution in [0.5, 0.6) is 0 Å². The first-order valence-electron chi connectivity index (χ1n) is 11.0. The maximum absolute atomic E-state index is 13.5. The van der Waals surface area contributed by atoms with Gasteiger partial charge in [-0.15, -0.1) is 0 Å². The maximum atomic E-state index is 13.5. The lowest BCUT2D eigenvalue weighted by atomic mass is 9.67. The normalized spacial score (nSPS) is 23.8. The summed E-state index contributed by atoms with van der Waals surface area (Å²) in [6.07, 6.45) is 4.94. The van der Waals surface area contributed by atoms with Gasteiger partial charge in [0.1, 0.15) is 5.70 Å². The average Bonchev–Trinajstić information content (AvgIpc) is 3.17. The van der Waals surface area contributed by atoms with Crippen LogP contribution in [0.25, 0.3) is 10.8 Å². The van der Waals surface area contributed by atoms with Crippen molar-refractivity contribution in [3.63, 3.8) is 0 Å². The van der Waals surface area contributed by atoms with Gasteiger partial charge >= 0.3 is 0 Å². The first kappa shape index (κ1) is 20.5. The number of Topliss-reactive ketones (excluding diaryl/α,β-unsaturated/α-hetero) is 1. The average molecular weight is 430 g/mol. The number of nitro groups is 1. The third kappa shape index (κ3) is 3.13. The summed E-state index contributed by atoms with van der Waals surface area (Å²) < 4.78 is 0. The number of ketones is 1. The molecular weight excluding hydrogens is 402 g/mol. The van der Waals surface area contributed by atoms with E-state index in [0.717, 1.165) is 39.7 Å². The first-order chi connectivity index (χ1) is 15.2. The van der Waals surface area contributed by atoms with Crippen LogP contribution in [-0.2, 0) is 4.79 Å². The van der Waals surface area contributed by atoms with Crippen molar-refractivity contribution in [2.75, 3.05) is 19.4 Å². The Morgan fingerprint density at radius 1 is 1.09 bits per heavy atom. The van der Waals surface area contributed by atoms with Crippen LogP contribution in [0.15, 0.2) is 71.2 Å². The van der Waals surface area contributed by atoms with Gasteiger partial charge in [-0.05, 0) is 40.3 Å². The van der Waals surface area contributed by atoms with Gasteiger partial charge in [-0.25, -0.2) is 0 Å². The summed E-state index contributed by atoms with van der Waals surface area (Å²) in [6, 6.07) is 12.3. The predicted octanol–water partition coefficient (Wildman–Crippen LogP) is 5.23. The number of hydrogen-bond donors (Lipinski definition) is 1. The SMILES string of the molecule is CN(C)C1=CC(C2C3=C(CC(C)(C)CC3=O)Nc3ccc4ccccc4c32)C=C1[N+](=O)[O-]. The molecule has 1 N–H and O–H groups in total. The molecule has 164 valence electrons. The Hall–Kier alpha value is -3.41. The van der Waals surface area contributed by atoms with E-state index in [1.165, 1.54) is 0 Å². The Balaban J connectivity index is 1.77. The van der Waals surface area contributed by atoms with Gasteiger partial charge in [0.25, 0.3) is 5.70 Å². The summed E-state index contributed by atoms with van der Waals surface area (Å²) >= 11 is 0. The summed E-state index contributed by atoms with van der Waals surface area (Å²) in [6.45, 7) is 4.23. The minimum absolute atomic E-state index is 0.103. The minimum Gasteiger partial charge on any atom is -0.372 e. The molecule has 2 atom stereocenters. The lowest BCUT2D eigenvalue weighted by Crippen LogP contribution is -2.35. The van der Waals surface area contributed by atoms with E-state index in [9.17, 15) is 14.9 Å². The zero-order chi connectivity index (χ0) is 22.8. The van der Waals surface area contributed by atoms with Crippen LogP contribution in [0.2, 0.25) is 0 Å². The van der Waals surface area contributed by atoms with Crippen molar-refractivity contribution in [1.29, 1.82) is 0 Å². The first-order valence-corrected chi connectivity index (χ1v) is 11.0. The number of benzene rings is 2. The summed E-state index contributed by atoms with van der Waals surface area (Å²) in [5, 5.41) is 17.6. The van der Waals surface area contributed by atoms with Crippen molar-refractivity contribution < 1.29 is 9.72 Å². The van der Waals surface area contributed by atoms with Crippen LogP contribution in [-0.4, -0.2) is 29.7 Å². The molecule has 2 aliphatic carbocycles. The zero-order valence-corrected chi connectivity index (χ0v) is 18.8. The number of nitrogens with zero attached hydrogens (tertiary/aromatic N) is 2. The highest BCUT2D eigenvalue weighted by atomic mass is 16.6. The van der Waals surface area contributed by atoms with Crippen molar-refractivity contribution in [2.24, 2.45) is 11.3 Å². The largest absolute Gasteiger partial charge is 0.372 e. The number of hydrogen-bond acceptors (Lipinski definition) is 5. The van der Waals surface area contributed by atoms with Gasteiger partial charge in [0, 0.05) is 55.4 Å². The second-order valence-electron chi connectivity index (χ2n) is 10.0. The third-order valence-corrected chi connectivity index (χ3v) is 6.82. The second-order valence-corrected chi connectivity index (χ2v) is 10.0. The molecule has 2 aromatic carbocycles. The lowest BCUT2D eigenvalue weighted by Gasteiger charge is -2.41. The van der Waals surface area contributed by atoms with Gasteiger partial charge in [-0.1, -0.05) is 44.2 Å². The van der Waals surface area contributed by atoms with Crippen LogP contribution >= 0.6 is 0 Å². The van der Waals surface area contributed by atoms with E-state index in [4.69, 9.17) is 0 Å². The van der Waals surface area contributed by atoms with E-state index < -0.39 is 0 Å². The Labute approximate surface area is 187 Å². The molecule has 6 nitrogen and oxygen atoms in total. The standard InChI is InChI=1S/C26H27N3O3/c1-26(2)13-19-25(22(30)14-26)23(16-11-20(28(3)4)21(12-16)29(31)32)24-17-8-6-5-7-15(17)9-10-18(24)27-19/h5-12,16,23,27H,13-14H2,1-4H3. The molecular formula is C26H27N3O3. The molecule has 0 radical (unpaired) electrons. The molecule has 0 spiro atoms. The maximum Gasteiger partial charge on any atom is 0.288 e. The van der Waals surface area contributed by atoms with Crippen LogP contribution in [0, 0.1) is 21.4 Å². The minimum atomic E-state index is -0.321. The van der Waals surface area contributed by atoms with E-state index in [2.05, 4.69) is 43.4 Å². The number of carbonyl (C=O) groups is 1. The molecule has 2 unspecified atom stereocenters. The highest BCUT2D eigenvalue weighted by Crippen LogP contribution is 2.52. The van der Waals surface area contributed by atoms with Crippen LogP contribution in [0.4, 0.5) is 5.69 Å². The van der Waals surface area contributed by atoms with Gasteiger partial charge in [0.05, 0.1) is 4.92 Å². The fourth-order valence-corrected chi connectivity index (χ4v) is 5.55. The number of fused-ring (bicyclic) bond motifs is 3. The molecule has 0 amide bonds. The van der Waals surface area contributed by atoms with E-state index in [1.54, 1.807) is 11.0 Å². The van der Waals surface area contributed by atoms with E-state index in [-0.39, 0.29) is 33.7 Å². The number of carbonyl (C=O) groups excluding carboxylic acids is 1. The topological polar surface area (TPSA) is 75.5 Å². The predicted molar refractivity (Wildman–Crippen MR) is 126 cm³/mol. The number of nitrogens with one attached hydrogen (secondary N) is 1. The summed E-state index contributed by atoms with van der Waals surface area (Å²) in [4.78, 5) is 26.8. The molecule has 32 heavy (non-hydrogen) atoms. The van der Waals surface area contributed by atoms with Gasteiger partial charge in [0.2, 0.25) is 0 Å². The van der Waals surface area contributed by atoms with Gasteiger partial charge in [-0.3, -0.25) is 14.9 Å². The molecule has 1 aliphatic heterocycles. The summed E-state index contributed by atoms with van der Waals surface area (Å²) in [7, 11) is 3.63. The fraction of sp³-hybridized carbons (Fsp3) is 0.346. The van der Waals surface area contributed by atoms with Crippen molar-refractivity contribution in [1.82, 2.24) is 4.90 Å². The lowest BCUT2D eigenvalue weighted by molar-refractivity contribution is -0.422. The molecule has 3 aliphatic rings. The van der Waals surface area contributed by atoms with Gasteiger partial charge in [-0.2, -0.15) is 0 Å². The van der Waals surface area contributed by atoms with Crippen molar-refractivity contribution >= 4 is 22.2 Å². The molecule has 5 rings (SSSR count). The Kier molecular flexibility index (Phi) is 4.52.